The highest BCUT2D eigenvalue weighted by Gasteiger charge is 2.28. The number of ether oxygens (including phenoxy) is 1. The van der Waals surface area contributed by atoms with Crippen LogP contribution < -0.4 is 16.4 Å². The number of rotatable bonds is 5. The van der Waals surface area contributed by atoms with Gasteiger partial charge in [0.25, 0.3) is 0 Å². The van der Waals surface area contributed by atoms with Gasteiger partial charge in [-0.05, 0) is 60.9 Å². The lowest BCUT2D eigenvalue weighted by Gasteiger charge is -2.31. The second-order valence-corrected chi connectivity index (χ2v) is 9.57. The molecule has 1 unspecified atom stereocenters. The van der Waals surface area contributed by atoms with Gasteiger partial charge in [-0.1, -0.05) is 23.7 Å². The number of urea groups is 2. The first-order valence-corrected chi connectivity index (χ1v) is 12.2. The molecule has 2 aromatic carbocycles. The predicted molar refractivity (Wildman–Crippen MR) is 138 cm³/mol. The minimum Gasteiger partial charge on any atom is -0.456 e. The minimum atomic E-state index is -0.606. The predicted octanol–water partition coefficient (Wildman–Crippen LogP) is 5.28. The summed E-state index contributed by atoms with van der Waals surface area (Å²) in [6.07, 6.45) is 0.770. The fourth-order valence-electron chi connectivity index (χ4n) is 3.74. The molecule has 3 aromatic rings. The van der Waals surface area contributed by atoms with Crippen LogP contribution in [0.25, 0.3) is 10.4 Å². The van der Waals surface area contributed by atoms with Crippen LogP contribution in [0.3, 0.4) is 0 Å². The molecule has 1 aromatic heterocycles. The van der Waals surface area contributed by atoms with Crippen molar-refractivity contribution in [3.8, 4) is 16.5 Å². The number of carbonyl (C=O) groups excluding carboxylic acids is 3. The lowest BCUT2D eigenvalue weighted by atomic mass is 10.1. The van der Waals surface area contributed by atoms with Crippen LogP contribution in [-0.4, -0.2) is 42.1 Å². The van der Waals surface area contributed by atoms with Gasteiger partial charge in [-0.2, -0.15) is 5.26 Å². The number of nitrogens with zero attached hydrogens (tertiary/aromatic N) is 2. The standard InChI is InChI=1S/C25H22ClN5O4S/c26-17-7-5-16(6-8-17)21-12-20(30-25(34)29-18-9-3-15(13-27)4-10-18)22(36-21)23(32)35-19-2-1-11-31(14-19)24(28)33/h3-10,12,19H,1-2,11,14H2,(H2,28,33)(H2,29,30,34). The van der Waals surface area contributed by atoms with Crippen molar-refractivity contribution in [2.24, 2.45) is 5.73 Å². The average molecular weight is 524 g/mol. The van der Waals surface area contributed by atoms with Gasteiger partial charge in [0.05, 0.1) is 23.9 Å². The monoisotopic (exact) mass is 523 g/mol. The van der Waals surface area contributed by atoms with Gasteiger partial charge < -0.3 is 26.0 Å². The number of nitrogens with one attached hydrogen (secondary N) is 2. The summed E-state index contributed by atoms with van der Waals surface area (Å²) in [5.41, 5.74) is 7.42. The lowest BCUT2D eigenvalue weighted by molar-refractivity contribution is 0.0134. The maximum atomic E-state index is 13.1. The Morgan fingerprint density at radius 3 is 2.50 bits per heavy atom. The summed E-state index contributed by atoms with van der Waals surface area (Å²) in [7, 11) is 0. The number of halogens is 1. The summed E-state index contributed by atoms with van der Waals surface area (Å²) in [4.78, 5) is 39.8. The first-order chi connectivity index (χ1) is 17.3. The van der Waals surface area contributed by atoms with Crippen LogP contribution in [-0.2, 0) is 4.74 Å². The summed E-state index contributed by atoms with van der Waals surface area (Å²) in [5.74, 6) is -0.606. The number of thiophene rings is 1. The quantitative estimate of drug-likeness (QED) is 0.390. The Bertz CT molecular complexity index is 1320. The molecule has 0 aliphatic carbocycles. The van der Waals surface area contributed by atoms with E-state index < -0.39 is 24.1 Å². The molecule has 0 spiro atoms. The topological polar surface area (TPSA) is 138 Å². The summed E-state index contributed by atoms with van der Waals surface area (Å²) in [5, 5.41) is 14.9. The van der Waals surface area contributed by atoms with Gasteiger partial charge in [0.15, 0.2) is 0 Å². The maximum Gasteiger partial charge on any atom is 0.350 e. The fraction of sp³-hybridized carbons (Fsp3) is 0.200. The van der Waals surface area contributed by atoms with Crippen LogP contribution in [0, 0.1) is 11.3 Å². The molecule has 1 atom stereocenters. The molecule has 4 amide bonds. The van der Waals surface area contributed by atoms with Crippen LogP contribution in [0.1, 0.15) is 28.1 Å². The molecule has 9 nitrogen and oxygen atoms in total. The number of nitriles is 1. The Hall–Kier alpha value is -4.07. The van der Waals surface area contributed by atoms with Crippen molar-refractivity contribution in [3.63, 3.8) is 0 Å². The zero-order valence-corrected chi connectivity index (χ0v) is 20.6. The molecule has 4 N–H and O–H groups in total. The largest absolute Gasteiger partial charge is 0.456 e. The second kappa shape index (κ2) is 11.1. The summed E-state index contributed by atoms with van der Waals surface area (Å²) >= 11 is 7.18. The number of amides is 4. The van der Waals surface area contributed by atoms with Crippen molar-refractivity contribution in [2.75, 3.05) is 23.7 Å². The number of primary amides is 1. The van der Waals surface area contributed by atoms with Crippen molar-refractivity contribution in [2.45, 2.75) is 18.9 Å². The number of piperidine rings is 1. The van der Waals surface area contributed by atoms with Crippen molar-refractivity contribution >= 4 is 52.3 Å². The van der Waals surface area contributed by atoms with Gasteiger partial charge in [0.1, 0.15) is 11.0 Å². The van der Waals surface area contributed by atoms with Crippen molar-refractivity contribution in [3.05, 3.63) is 70.1 Å². The molecule has 2 heterocycles. The smallest absolute Gasteiger partial charge is 0.350 e. The summed E-state index contributed by atoms with van der Waals surface area (Å²) in [6.45, 7) is 0.740. The molecule has 1 fully saturated rings. The van der Waals surface area contributed by atoms with Crippen LogP contribution in [0.4, 0.5) is 21.0 Å². The third-order valence-corrected chi connectivity index (χ3v) is 6.95. The summed E-state index contributed by atoms with van der Waals surface area (Å²) in [6, 6.07) is 16.1. The molecule has 0 radical (unpaired) electrons. The molecule has 1 aliphatic heterocycles. The second-order valence-electron chi connectivity index (χ2n) is 8.08. The minimum absolute atomic E-state index is 0.214. The zero-order chi connectivity index (χ0) is 25.7. The Kier molecular flexibility index (Phi) is 7.73. The van der Waals surface area contributed by atoms with E-state index in [9.17, 15) is 14.4 Å². The molecule has 1 aliphatic rings. The van der Waals surface area contributed by atoms with Gasteiger partial charge in [0.2, 0.25) is 0 Å². The number of nitrogens with two attached hydrogens (primary N) is 1. The number of likely N-dealkylation sites (tertiary alicyclic amines) is 1. The SMILES string of the molecule is N#Cc1ccc(NC(=O)Nc2cc(-c3ccc(Cl)cc3)sc2C(=O)OC2CCCN(C(N)=O)C2)cc1. The molecular weight excluding hydrogens is 502 g/mol. The van der Waals surface area contributed by atoms with E-state index in [0.29, 0.717) is 35.7 Å². The van der Waals surface area contributed by atoms with Crippen molar-refractivity contribution in [1.82, 2.24) is 4.90 Å². The Morgan fingerprint density at radius 1 is 1.11 bits per heavy atom. The molecule has 0 saturated carbocycles. The Labute approximate surface area is 216 Å². The third kappa shape index (κ3) is 6.13. The van der Waals surface area contributed by atoms with E-state index in [1.807, 2.05) is 18.2 Å². The first kappa shape index (κ1) is 25.0. The zero-order valence-electron chi connectivity index (χ0n) is 19.0. The van der Waals surface area contributed by atoms with E-state index >= 15 is 0 Å². The molecular formula is C25H22ClN5O4S. The highest BCUT2D eigenvalue weighted by atomic mass is 35.5. The van der Waals surface area contributed by atoms with Crippen molar-refractivity contribution < 1.29 is 19.1 Å². The number of carbonyl (C=O) groups is 3. The van der Waals surface area contributed by atoms with E-state index in [4.69, 9.17) is 27.3 Å². The molecule has 184 valence electrons. The number of anilines is 2. The highest BCUT2D eigenvalue weighted by Crippen LogP contribution is 2.36. The number of hydrogen-bond acceptors (Lipinski definition) is 6. The number of benzene rings is 2. The van der Waals surface area contributed by atoms with Crippen molar-refractivity contribution in [1.29, 1.82) is 5.26 Å². The molecule has 36 heavy (non-hydrogen) atoms. The lowest BCUT2D eigenvalue weighted by Crippen LogP contribution is -2.46. The van der Waals surface area contributed by atoms with Crippen LogP contribution in [0.5, 0.6) is 0 Å². The third-order valence-electron chi connectivity index (χ3n) is 5.53. The number of esters is 1. The Balaban J connectivity index is 1.55. The average Bonchev–Trinajstić information content (AvgIpc) is 3.28. The van der Waals surface area contributed by atoms with Crippen LogP contribution in [0.2, 0.25) is 5.02 Å². The first-order valence-electron chi connectivity index (χ1n) is 11.1. The normalized spacial score (nSPS) is 15.0. The summed E-state index contributed by atoms with van der Waals surface area (Å²) < 4.78 is 5.69. The molecule has 1 saturated heterocycles. The molecule has 4 rings (SSSR count). The van der Waals surface area contributed by atoms with E-state index in [1.54, 1.807) is 42.5 Å². The maximum absolute atomic E-state index is 13.1. The molecule has 0 bridgehead atoms. The molecule has 11 heteroatoms. The van der Waals surface area contributed by atoms with Gasteiger partial charge in [-0.15, -0.1) is 11.3 Å². The van der Waals surface area contributed by atoms with Gasteiger partial charge in [-0.3, -0.25) is 0 Å². The van der Waals surface area contributed by atoms with Gasteiger partial charge in [0, 0.05) is 22.1 Å². The fourth-order valence-corrected chi connectivity index (χ4v) is 4.87. The van der Waals surface area contributed by atoms with Crippen LogP contribution in [0.15, 0.2) is 54.6 Å². The Morgan fingerprint density at radius 2 is 1.83 bits per heavy atom. The van der Waals surface area contributed by atoms with Crippen LogP contribution >= 0.6 is 22.9 Å². The van der Waals surface area contributed by atoms with E-state index in [1.165, 1.54) is 16.2 Å². The highest BCUT2D eigenvalue weighted by molar-refractivity contribution is 7.18. The van der Waals surface area contributed by atoms with E-state index in [-0.39, 0.29) is 17.1 Å². The van der Waals surface area contributed by atoms with Gasteiger partial charge in [-0.25, -0.2) is 14.4 Å². The van der Waals surface area contributed by atoms with E-state index in [2.05, 4.69) is 10.6 Å². The number of hydrogen-bond donors (Lipinski definition) is 3. The van der Waals surface area contributed by atoms with E-state index in [0.717, 1.165) is 10.4 Å². The van der Waals surface area contributed by atoms with Gasteiger partial charge >= 0.3 is 18.0 Å².